The van der Waals surface area contributed by atoms with Gasteiger partial charge < -0.3 is 4.74 Å². The van der Waals surface area contributed by atoms with Crippen LogP contribution in [0.15, 0.2) is 36.0 Å². The molecule has 0 aromatic carbocycles. The average Bonchev–Trinajstić information content (AvgIpc) is 3.08. The van der Waals surface area contributed by atoms with Gasteiger partial charge in [-0.3, -0.25) is 9.59 Å². The van der Waals surface area contributed by atoms with Gasteiger partial charge in [-0.1, -0.05) is 52.8 Å². The summed E-state index contributed by atoms with van der Waals surface area (Å²) in [4.78, 5) is 37.9. The summed E-state index contributed by atoms with van der Waals surface area (Å²) in [5.41, 5.74) is -0.521. The van der Waals surface area contributed by atoms with Crippen LogP contribution in [-0.4, -0.2) is 23.1 Å². The van der Waals surface area contributed by atoms with Crippen LogP contribution in [0.2, 0.25) is 0 Å². The van der Waals surface area contributed by atoms with Gasteiger partial charge in [-0.25, -0.2) is 4.79 Å². The smallest absolute Gasteiger partial charge is 0.332 e. The number of ketones is 2. The van der Waals surface area contributed by atoms with E-state index in [9.17, 15) is 14.4 Å². The van der Waals surface area contributed by atoms with Crippen LogP contribution in [0.4, 0.5) is 0 Å². The quantitative estimate of drug-likeness (QED) is 0.288. The van der Waals surface area contributed by atoms with E-state index in [-0.39, 0.29) is 22.9 Å². The van der Waals surface area contributed by atoms with Gasteiger partial charge in [0, 0.05) is 18.1 Å². The number of carbonyl (C=O) groups excluding carboxylic acids is 3. The van der Waals surface area contributed by atoms with Gasteiger partial charge in [-0.2, -0.15) is 0 Å². The lowest BCUT2D eigenvalue weighted by atomic mass is 9.61. The number of carbonyl (C=O) groups is 3. The van der Waals surface area contributed by atoms with Crippen molar-refractivity contribution >= 4 is 17.5 Å². The number of ether oxygens (including phenoxy) is 1. The molecule has 0 unspecified atom stereocenters. The van der Waals surface area contributed by atoms with Crippen LogP contribution in [0.3, 0.4) is 0 Å². The largest absolute Gasteiger partial charge is 0.448 e. The molecule has 0 saturated heterocycles. The van der Waals surface area contributed by atoms with E-state index in [4.69, 9.17) is 4.74 Å². The third kappa shape index (κ3) is 4.84. The fraction of sp³-hybridized carbons (Fsp3) is 0.679. The Morgan fingerprint density at radius 3 is 2.47 bits per heavy atom. The number of rotatable bonds is 6. The van der Waals surface area contributed by atoms with Gasteiger partial charge in [-0.15, -0.1) is 0 Å². The summed E-state index contributed by atoms with van der Waals surface area (Å²) < 4.78 is 5.61. The first-order chi connectivity index (χ1) is 15.0. The lowest BCUT2D eigenvalue weighted by Crippen LogP contribution is -2.41. The SMILES string of the molecule is CC(C)[C@H](C)/C=C/[C@H](C)[C@H]1CC[C@H]2/C(=C/C(=O)O[C@]3(C)CCC=CC3=O)C(=O)CC[C@]12C. The normalized spacial score (nSPS) is 36.0. The second-order valence-corrected chi connectivity index (χ2v) is 11.1. The molecule has 2 saturated carbocycles. The third-order valence-electron chi connectivity index (χ3n) is 8.58. The summed E-state index contributed by atoms with van der Waals surface area (Å²) in [6.07, 6.45) is 13.9. The zero-order valence-corrected chi connectivity index (χ0v) is 20.6. The first kappa shape index (κ1) is 24.7. The van der Waals surface area contributed by atoms with Gasteiger partial charge in [-0.05, 0) is 80.1 Å². The molecule has 3 aliphatic rings. The van der Waals surface area contributed by atoms with Gasteiger partial charge in [0.2, 0.25) is 0 Å². The Morgan fingerprint density at radius 2 is 1.81 bits per heavy atom. The highest BCUT2D eigenvalue weighted by molar-refractivity contribution is 6.03. The minimum atomic E-state index is -1.13. The number of esters is 1. The number of Topliss-reactive ketones (excluding diaryl/α,β-unsaturated/α-hetero) is 1. The molecule has 0 aromatic heterocycles. The van der Waals surface area contributed by atoms with Crippen LogP contribution >= 0.6 is 0 Å². The molecule has 0 aromatic rings. The van der Waals surface area contributed by atoms with Crippen molar-refractivity contribution < 1.29 is 19.1 Å². The molecule has 0 radical (unpaired) electrons. The molecule has 6 atom stereocenters. The third-order valence-corrected chi connectivity index (χ3v) is 8.58. The Balaban J connectivity index is 1.78. The van der Waals surface area contributed by atoms with Crippen LogP contribution in [0.1, 0.15) is 80.1 Å². The molecule has 176 valence electrons. The van der Waals surface area contributed by atoms with E-state index in [1.54, 1.807) is 6.92 Å². The van der Waals surface area contributed by atoms with Crippen LogP contribution in [0, 0.1) is 35.0 Å². The van der Waals surface area contributed by atoms with Crippen molar-refractivity contribution in [3.8, 4) is 0 Å². The summed E-state index contributed by atoms with van der Waals surface area (Å²) in [6.45, 7) is 13.0. The van der Waals surface area contributed by atoms with E-state index < -0.39 is 11.6 Å². The maximum atomic E-state index is 12.8. The molecule has 0 heterocycles. The fourth-order valence-corrected chi connectivity index (χ4v) is 5.94. The van der Waals surface area contributed by atoms with Gasteiger partial charge >= 0.3 is 5.97 Å². The van der Waals surface area contributed by atoms with E-state index >= 15 is 0 Å². The van der Waals surface area contributed by atoms with Crippen molar-refractivity contribution in [3.63, 3.8) is 0 Å². The molecule has 0 amide bonds. The second kappa shape index (κ2) is 9.49. The summed E-state index contributed by atoms with van der Waals surface area (Å²) in [6, 6.07) is 0. The standard InChI is InChI=1S/C28H40O4/c1-18(2)19(3)10-11-20(4)22-12-13-23-21(24(29)14-16-27(22,23)5)17-26(31)32-28(6)15-8-7-9-25(28)30/h7,9-11,17-20,22-23H,8,12-16H2,1-6H3/b11-10+,21-17-/t19-,20+,22-,23+,27-,28-/m1/s1. The number of hydrogen-bond acceptors (Lipinski definition) is 4. The average molecular weight is 441 g/mol. The Hall–Kier alpha value is -1.97. The summed E-state index contributed by atoms with van der Waals surface area (Å²) in [7, 11) is 0. The second-order valence-electron chi connectivity index (χ2n) is 11.1. The van der Waals surface area contributed by atoms with Crippen LogP contribution in [0.25, 0.3) is 0 Å². The first-order valence-corrected chi connectivity index (χ1v) is 12.3. The van der Waals surface area contributed by atoms with Crippen LogP contribution < -0.4 is 0 Å². The van der Waals surface area contributed by atoms with Crippen molar-refractivity contribution in [1.29, 1.82) is 0 Å². The van der Waals surface area contributed by atoms with E-state index in [2.05, 4.69) is 46.8 Å². The maximum Gasteiger partial charge on any atom is 0.332 e. The zero-order valence-electron chi connectivity index (χ0n) is 20.6. The van der Waals surface area contributed by atoms with Crippen LogP contribution in [0.5, 0.6) is 0 Å². The van der Waals surface area contributed by atoms with E-state index in [0.29, 0.717) is 48.5 Å². The molecule has 3 aliphatic carbocycles. The van der Waals surface area contributed by atoms with Crippen molar-refractivity contribution in [3.05, 3.63) is 36.0 Å². The molecule has 3 rings (SSSR count). The lowest BCUT2D eigenvalue weighted by molar-refractivity contribution is -0.160. The van der Waals surface area contributed by atoms with E-state index in [1.807, 2.05) is 6.08 Å². The summed E-state index contributed by atoms with van der Waals surface area (Å²) in [5.74, 6) is 1.46. The van der Waals surface area contributed by atoms with Gasteiger partial charge in [0.05, 0.1) is 0 Å². The Kier molecular flexibility index (Phi) is 7.31. The molecule has 0 aliphatic heterocycles. The highest BCUT2D eigenvalue weighted by Gasteiger charge is 2.52. The van der Waals surface area contributed by atoms with Gasteiger partial charge in [0.1, 0.15) is 0 Å². The Labute approximate surface area is 193 Å². The highest BCUT2D eigenvalue weighted by atomic mass is 16.6. The highest BCUT2D eigenvalue weighted by Crippen LogP contribution is 2.58. The Bertz CT molecular complexity index is 847. The Morgan fingerprint density at radius 1 is 1.09 bits per heavy atom. The predicted molar refractivity (Wildman–Crippen MR) is 127 cm³/mol. The molecular weight excluding hydrogens is 400 g/mol. The van der Waals surface area contributed by atoms with E-state index in [1.165, 1.54) is 12.2 Å². The minimum Gasteiger partial charge on any atom is -0.448 e. The molecule has 32 heavy (non-hydrogen) atoms. The van der Waals surface area contributed by atoms with Crippen molar-refractivity contribution in [2.75, 3.05) is 0 Å². The maximum absolute atomic E-state index is 12.8. The minimum absolute atomic E-state index is 0.00184. The van der Waals surface area contributed by atoms with E-state index in [0.717, 1.165) is 19.3 Å². The van der Waals surface area contributed by atoms with Crippen molar-refractivity contribution in [2.24, 2.45) is 35.0 Å². The van der Waals surface area contributed by atoms with Gasteiger partial charge in [0.15, 0.2) is 17.2 Å². The van der Waals surface area contributed by atoms with Gasteiger partial charge in [0.25, 0.3) is 0 Å². The topological polar surface area (TPSA) is 60.4 Å². The molecular formula is C28H40O4. The number of allylic oxidation sites excluding steroid dienone is 4. The summed E-state index contributed by atoms with van der Waals surface area (Å²) >= 11 is 0. The molecule has 4 heteroatoms. The lowest BCUT2D eigenvalue weighted by Gasteiger charge is -2.43. The summed E-state index contributed by atoms with van der Waals surface area (Å²) in [5, 5.41) is 0. The first-order valence-electron chi connectivity index (χ1n) is 12.3. The molecule has 0 N–H and O–H groups in total. The van der Waals surface area contributed by atoms with Crippen molar-refractivity contribution in [1.82, 2.24) is 0 Å². The van der Waals surface area contributed by atoms with Crippen molar-refractivity contribution in [2.45, 2.75) is 85.7 Å². The van der Waals surface area contributed by atoms with Crippen LogP contribution in [-0.2, 0) is 19.1 Å². The zero-order chi connectivity index (χ0) is 23.7. The predicted octanol–water partition coefficient (Wildman–Crippen LogP) is 6.01. The number of fused-ring (bicyclic) bond motifs is 1. The fourth-order valence-electron chi connectivity index (χ4n) is 5.94. The molecule has 0 bridgehead atoms. The number of hydrogen-bond donors (Lipinski definition) is 0. The molecule has 4 nitrogen and oxygen atoms in total. The molecule has 0 spiro atoms. The molecule has 2 fully saturated rings. The monoisotopic (exact) mass is 440 g/mol.